The molecule has 2 heterocycles. The number of nitrogens with zero attached hydrogens (tertiary/aromatic N) is 2. The number of aryl methyl sites for hydroxylation is 1. The van der Waals surface area contributed by atoms with Gasteiger partial charge in [0.25, 0.3) is 0 Å². The normalized spacial score (nSPS) is 26.2. The second-order valence-corrected chi connectivity index (χ2v) is 7.40. The summed E-state index contributed by atoms with van der Waals surface area (Å²) in [4.78, 5) is 0. The van der Waals surface area contributed by atoms with E-state index in [2.05, 4.69) is 6.07 Å². The number of hydrogen-bond acceptors (Lipinski definition) is 8. The fraction of sp³-hybridized carbons (Fsp3) is 0.429. The second-order valence-electron chi connectivity index (χ2n) is 7.01. The maximum absolute atomic E-state index is 10.5. The number of aliphatic hydroxyl groups excluding tert-OH is 4. The maximum atomic E-state index is 10.5. The first-order valence-electron chi connectivity index (χ1n) is 9.51. The van der Waals surface area contributed by atoms with Gasteiger partial charge in [0.2, 0.25) is 0 Å². The zero-order chi connectivity index (χ0) is 22.0. The van der Waals surface area contributed by atoms with E-state index >= 15 is 0 Å². The smallest absolute Gasteiger partial charge is 0.164 e. The van der Waals surface area contributed by atoms with Gasteiger partial charge in [-0.2, -0.15) is 5.26 Å². The summed E-state index contributed by atoms with van der Waals surface area (Å²) in [5.74, 6) is 0.680. The summed E-state index contributed by atoms with van der Waals surface area (Å²) in [5.41, 5.74) is 2.27. The summed E-state index contributed by atoms with van der Waals surface area (Å²) >= 11 is 5.58. The average molecular weight is 432 g/mol. The Balaban J connectivity index is 2.17. The van der Waals surface area contributed by atoms with E-state index in [1.165, 1.54) is 4.57 Å². The quantitative estimate of drug-likeness (QED) is 0.521. The average Bonchev–Trinajstić information content (AvgIpc) is 2.77. The Morgan fingerprint density at radius 1 is 1.17 bits per heavy atom. The van der Waals surface area contributed by atoms with E-state index < -0.39 is 37.3 Å². The molecule has 160 valence electrons. The molecule has 0 radical (unpaired) electrons. The summed E-state index contributed by atoms with van der Waals surface area (Å²) in [5, 5.41) is 50.1. The summed E-state index contributed by atoms with van der Waals surface area (Å²) in [6.07, 6.45) is -6.27. The first kappa shape index (κ1) is 22.4. The van der Waals surface area contributed by atoms with Gasteiger partial charge in [-0.1, -0.05) is 31.3 Å². The molecule has 9 heteroatoms. The van der Waals surface area contributed by atoms with Gasteiger partial charge >= 0.3 is 0 Å². The third kappa shape index (κ3) is 3.86. The number of aromatic nitrogens is 1. The van der Waals surface area contributed by atoms with Gasteiger partial charge in [0.05, 0.1) is 19.3 Å². The number of hydrogen-bond donors (Lipinski definition) is 4. The molecule has 1 aromatic heterocycles. The minimum Gasteiger partial charge on any atom is -0.497 e. The summed E-state index contributed by atoms with van der Waals surface area (Å²) in [6.45, 7) is 1.33. The number of pyridine rings is 1. The highest BCUT2D eigenvalue weighted by atomic mass is 32.1. The SMILES string of the molecule is CCc1cc(-c2ccc(OC)cc2)c(C#N)c(=S)n1[C@@H]1O[C@H](CO)[C@@H](O)[C@@H](O)[C@H]1O. The monoisotopic (exact) mass is 432 g/mol. The van der Waals surface area contributed by atoms with Crippen molar-refractivity contribution < 1.29 is 29.9 Å². The van der Waals surface area contributed by atoms with Gasteiger partial charge in [-0.15, -0.1) is 0 Å². The van der Waals surface area contributed by atoms with Crippen molar-refractivity contribution in [2.24, 2.45) is 0 Å². The van der Waals surface area contributed by atoms with Crippen molar-refractivity contribution in [3.05, 3.63) is 46.2 Å². The largest absolute Gasteiger partial charge is 0.497 e. The highest BCUT2D eigenvalue weighted by Crippen LogP contribution is 2.34. The lowest BCUT2D eigenvalue weighted by Gasteiger charge is -2.41. The Bertz CT molecular complexity index is 998. The van der Waals surface area contributed by atoms with Crippen LogP contribution in [0.5, 0.6) is 5.75 Å². The van der Waals surface area contributed by atoms with E-state index in [1.807, 2.05) is 19.1 Å². The molecule has 3 rings (SSSR count). The predicted molar refractivity (Wildman–Crippen MR) is 110 cm³/mol. The molecule has 1 aromatic carbocycles. The van der Waals surface area contributed by atoms with Crippen LogP contribution in [0.3, 0.4) is 0 Å². The van der Waals surface area contributed by atoms with Crippen LogP contribution in [0.15, 0.2) is 30.3 Å². The van der Waals surface area contributed by atoms with Crippen LogP contribution in [0.2, 0.25) is 0 Å². The van der Waals surface area contributed by atoms with E-state index in [0.29, 0.717) is 23.4 Å². The molecular formula is C21H24N2O6S. The first-order chi connectivity index (χ1) is 14.4. The zero-order valence-electron chi connectivity index (χ0n) is 16.6. The van der Waals surface area contributed by atoms with Gasteiger partial charge in [-0.25, -0.2) is 0 Å². The van der Waals surface area contributed by atoms with Crippen molar-refractivity contribution in [3.8, 4) is 22.9 Å². The molecule has 2 aromatic rings. The highest BCUT2D eigenvalue weighted by molar-refractivity contribution is 7.71. The summed E-state index contributed by atoms with van der Waals surface area (Å²) in [7, 11) is 1.57. The standard InChI is InChI=1S/C21H24N2O6S/c1-3-12-8-14(11-4-6-13(28-2)7-5-11)15(9-22)21(30)23(12)20-19(27)18(26)17(25)16(10-24)29-20/h4-8,16-20,24-27H,3,10H2,1-2H3/t16-,17-,18-,19-,20-/m1/s1. The Hall–Kier alpha value is -2.32. The van der Waals surface area contributed by atoms with E-state index in [4.69, 9.17) is 21.7 Å². The lowest BCUT2D eigenvalue weighted by Crippen LogP contribution is -2.56. The van der Waals surface area contributed by atoms with Crippen LogP contribution in [-0.4, -0.2) is 63.1 Å². The molecule has 0 amide bonds. The van der Waals surface area contributed by atoms with E-state index in [1.54, 1.807) is 25.3 Å². The molecule has 1 aliphatic rings. The van der Waals surface area contributed by atoms with E-state index in [0.717, 1.165) is 5.56 Å². The van der Waals surface area contributed by atoms with Gasteiger partial charge < -0.3 is 34.5 Å². The van der Waals surface area contributed by atoms with Gasteiger partial charge in [0, 0.05) is 11.3 Å². The van der Waals surface area contributed by atoms with Gasteiger partial charge in [-0.3, -0.25) is 0 Å². The molecule has 0 aliphatic carbocycles. The third-order valence-electron chi connectivity index (χ3n) is 5.32. The molecule has 4 N–H and O–H groups in total. The maximum Gasteiger partial charge on any atom is 0.164 e. The number of benzene rings is 1. The number of aliphatic hydroxyl groups is 4. The Kier molecular flexibility index (Phi) is 6.88. The van der Waals surface area contributed by atoms with E-state index in [9.17, 15) is 25.7 Å². The fourth-order valence-corrected chi connectivity index (χ4v) is 4.00. The molecule has 1 fully saturated rings. The Morgan fingerprint density at radius 3 is 2.37 bits per heavy atom. The Labute approximate surface area is 179 Å². The lowest BCUT2D eigenvalue weighted by molar-refractivity contribution is -0.252. The molecule has 1 saturated heterocycles. The number of ether oxygens (including phenoxy) is 2. The predicted octanol–water partition coefficient (Wildman–Crippen LogP) is 1.30. The van der Waals surface area contributed by atoms with Crippen LogP contribution in [0.1, 0.15) is 24.4 Å². The lowest BCUT2D eigenvalue weighted by atomic mass is 9.96. The van der Waals surface area contributed by atoms with E-state index in [-0.39, 0.29) is 10.2 Å². The molecule has 1 aliphatic heterocycles. The van der Waals surface area contributed by atoms with Crippen LogP contribution < -0.4 is 4.74 Å². The van der Waals surface area contributed by atoms with Gasteiger partial charge in [0.1, 0.15) is 40.9 Å². The Morgan fingerprint density at radius 2 is 1.83 bits per heavy atom. The van der Waals surface area contributed by atoms with Crippen LogP contribution in [-0.2, 0) is 11.2 Å². The topological polar surface area (TPSA) is 128 Å². The van der Waals surface area contributed by atoms with Crippen LogP contribution >= 0.6 is 12.2 Å². The second kappa shape index (κ2) is 9.22. The van der Waals surface area contributed by atoms with Crippen molar-refractivity contribution in [1.82, 2.24) is 4.57 Å². The van der Waals surface area contributed by atoms with Crippen LogP contribution in [0.25, 0.3) is 11.1 Å². The highest BCUT2D eigenvalue weighted by Gasteiger charge is 2.44. The van der Waals surface area contributed by atoms with Crippen molar-refractivity contribution in [3.63, 3.8) is 0 Å². The molecular weight excluding hydrogens is 408 g/mol. The van der Waals surface area contributed by atoms with Gasteiger partial charge in [0.15, 0.2) is 6.23 Å². The molecule has 30 heavy (non-hydrogen) atoms. The molecule has 0 spiro atoms. The van der Waals surface area contributed by atoms with Crippen LogP contribution in [0.4, 0.5) is 0 Å². The molecule has 5 atom stereocenters. The van der Waals surface area contributed by atoms with Crippen molar-refractivity contribution in [1.29, 1.82) is 5.26 Å². The number of rotatable bonds is 5. The first-order valence-corrected chi connectivity index (χ1v) is 9.92. The van der Waals surface area contributed by atoms with Gasteiger partial charge in [-0.05, 0) is 30.2 Å². The van der Waals surface area contributed by atoms with Crippen molar-refractivity contribution in [2.75, 3.05) is 13.7 Å². The summed E-state index contributed by atoms with van der Waals surface area (Å²) in [6, 6.07) is 11.1. The minimum atomic E-state index is -1.54. The zero-order valence-corrected chi connectivity index (χ0v) is 17.4. The molecule has 0 saturated carbocycles. The molecule has 0 bridgehead atoms. The summed E-state index contributed by atoms with van der Waals surface area (Å²) < 4.78 is 12.5. The van der Waals surface area contributed by atoms with Crippen molar-refractivity contribution >= 4 is 12.2 Å². The van der Waals surface area contributed by atoms with Crippen LogP contribution in [0, 0.1) is 16.0 Å². The third-order valence-corrected chi connectivity index (χ3v) is 5.72. The number of methoxy groups -OCH3 is 1. The minimum absolute atomic E-state index is 0.131. The molecule has 0 unspecified atom stereocenters. The molecule has 8 nitrogen and oxygen atoms in total. The number of nitriles is 1. The van der Waals surface area contributed by atoms with Crippen molar-refractivity contribution in [2.45, 2.75) is 44.0 Å². The fourth-order valence-electron chi connectivity index (χ4n) is 3.63.